The van der Waals surface area contributed by atoms with E-state index >= 15 is 0 Å². The zero-order valence-electron chi connectivity index (χ0n) is 18.6. The number of carbonyl (C=O) groups excluding carboxylic acids is 1. The molecule has 0 radical (unpaired) electrons. The number of aromatic nitrogens is 6. The van der Waals surface area contributed by atoms with Gasteiger partial charge in [-0.25, -0.2) is 14.6 Å². The van der Waals surface area contributed by atoms with Crippen molar-refractivity contribution in [1.29, 1.82) is 0 Å². The molecule has 1 aliphatic heterocycles. The van der Waals surface area contributed by atoms with Crippen LogP contribution in [0.3, 0.4) is 0 Å². The predicted octanol–water partition coefficient (Wildman–Crippen LogP) is 3.24. The number of aryl methyl sites for hydroxylation is 1. The minimum atomic E-state index is -0.000515. The van der Waals surface area contributed by atoms with Crippen molar-refractivity contribution in [3.8, 4) is 16.3 Å². The molecule has 1 aliphatic rings. The van der Waals surface area contributed by atoms with Gasteiger partial charge in [-0.1, -0.05) is 24.3 Å². The molecule has 10 heteroatoms. The van der Waals surface area contributed by atoms with E-state index in [4.69, 9.17) is 5.10 Å². The van der Waals surface area contributed by atoms with Crippen molar-refractivity contribution in [3.05, 3.63) is 72.1 Å². The number of rotatable bonds is 4. The number of hydrogen-bond donors (Lipinski definition) is 0. The summed E-state index contributed by atoms with van der Waals surface area (Å²) in [7, 11) is 1.87. The molecule has 170 valence electrons. The monoisotopic (exact) mass is 470 g/mol. The molecule has 1 fully saturated rings. The number of nitrogens with zero attached hydrogens (tertiary/aromatic N) is 8. The first kappa shape index (κ1) is 20.5. The van der Waals surface area contributed by atoms with Gasteiger partial charge < -0.3 is 9.80 Å². The molecule has 4 aromatic heterocycles. The molecule has 0 aliphatic carbocycles. The summed E-state index contributed by atoms with van der Waals surface area (Å²) in [6, 6.07) is 13.9. The van der Waals surface area contributed by atoms with Crippen LogP contribution in [0.2, 0.25) is 0 Å². The van der Waals surface area contributed by atoms with Crippen LogP contribution in [0, 0.1) is 0 Å². The van der Waals surface area contributed by atoms with Crippen molar-refractivity contribution in [2.75, 3.05) is 31.1 Å². The van der Waals surface area contributed by atoms with Crippen LogP contribution >= 0.6 is 11.3 Å². The summed E-state index contributed by atoms with van der Waals surface area (Å²) in [4.78, 5) is 27.6. The number of para-hydroxylation sites is 1. The summed E-state index contributed by atoms with van der Waals surface area (Å²) >= 11 is 1.59. The van der Waals surface area contributed by atoms with Gasteiger partial charge in [-0.2, -0.15) is 10.2 Å². The molecule has 1 aromatic carbocycles. The molecular weight excluding hydrogens is 448 g/mol. The smallest absolute Gasteiger partial charge is 0.257 e. The van der Waals surface area contributed by atoms with Crippen LogP contribution < -0.4 is 4.90 Å². The number of piperazine rings is 1. The highest BCUT2D eigenvalue weighted by atomic mass is 32.1. The fourth-order valence-corrected chi connectivity index (χ4v) is 5.06. The van der Waals surface area contributed by atoms with E-state index in [-0.39, 0.29) is 5.91 Å². The number of carbonyl (C=O) groups is 1. The van der Waals surface area contributed by atoms with Gasteiger partial charge in [0.1, 0.15) is 17.8 Å². The maximum absolute atomic E-state index is 13.6. The Morgan fingerprint density at radius 3 is 2.59 bits per heavy atom. The molecule has 0 saturated carbocycles. The van der Waals surface area contributed by atoms with Gasteiger partial charge >= 0.3 is 0 Å². The van der Waals surface area contributed by atoms with Crippen LogP contribution in [0.15, 0.2) is 66.6 Å². The lowest BCUT2D eigenvalue weighted by Gasteiger charge is -2.35. The molecule has 5 heterocycles. The number of amides is 1. The van der Waals surface area contributed by atoms with Crippen LogP contribution in [-0.2, 0) is 7.05 Å². The second-order valence-corrected chi connectivity index (χ2v) is 9.08. The summed E-state index contributed by atoms with van der Waals surface area (Å²) in [5.74, 6) is 0.862. The Labute approximate surface area is 199 Å². The van der Waals surface area contributed by atoms with Gasteiger partial charge in [0.25, 0.3) is 5.91 Å². The molecule has 0 bridgehead atoms. The number of benzene rings is 1. The zero-order chi connectivity index (χ0) is 23.1. The fraction of sp³-hybridized carbons (Fsp3) is 0.208. The van der Waals surface area contributed by atoms with E-state index in [0.717, 1.165) is 33.1 Å². The van der Waals surface area contributed by atoms with Crippen molar-refractivity contribution in [2.24, 2.45) is 7.05 Å². The predicted molar refractivity (Wildman–Crippen MR) is 131 cm³/mol. The van der Waals surface area contributed by atoms with Crippen LogP contribution in [-0.4, -0.2) is 66.5 Å². The lowest BCUT2D eigenvalue weighted by atomic mass is 10.1. The summed E-state index contributed by atoms with van der Waals surface area (Å²) in [5, 5.41) is 12.0. The quantitative estimate of drug-likeness (QED) is 0.401. The SMILES string of the molecule is Cn1ncc2c(N3CCN(C(=O)c4cn(-c5ccccc5)nc4-c4cccs4)CC3)ncnc21. The largest absolute Gasteiger partial charge is 0.352 e. The second kappa shape index (κ2) is 8.38. The van der Waals surface area contributed by atoms with E-state index < -0.39 is 0 Å². The Morgan fingerprint density at radius 2 is 1.82 bits per heavy atom. The number of fused-ring (bicyclic) bond motifs is 1. The molecule has 0 N–H and O–H groups in total. The molecule has 1 saturated heterocycles. The minimum absolute atomic E-state index is 0.000515. The average molecular weight is 471 g/mol. The first-order valence-corrected chi connectivity index (χ1v) is 11.9. The molecule has 5 aromatic rings. The van der Waals surface area contributed by atoms with Crippen molar-refractivity contribution >= 4 is 34.1 Å². The van der Waals surface area contributed by atoms with Crippen LogP contribution in [0.4, 0.5) is 5.82 Å². The second-order valence-electron chi connectivity index (χ2n) is 8.13. The number of hydrogen-bond acceptors (Lipinski definition) is 7. The van der Waals surface area contributed by atoms with E-state index in [1.807, 2.05) is 66.0 Å². The Bertz CT molecular complexity index is 1450. The summed E-state index contributed by atoms with van der Waals surface area (Å²) < 4.78 is 3.54. The highest BCUT2D eigenvalue weighted by Crippen LogP contribution is 2.29. The molecule has 1 amide bonds. The van der Waals surface area contributed by atoms with Crippen molar-refractivity contribution in [3.63, 3.8) is 0 Å². The normalized spacial score (nSPS) is 14.1. The van der Waals surface area contributed by atoms with E-state index in [9.17, 15) is 4.79 Å². The molecule has 0 unspecified atom stereocenters. The summed E-state index contributed by atoms with van der Waals surface area (Å²) in [6.07, 6.45) is 5.22. The number of anilines is 1. The van der Waals surface area contributed by atoms with Crippen molar-refractivity contribution < 1.29 is 4.79 Å². The van der Waals surface area contributed by atoms with Gasteiger partial charge in [0.05, 0.1) is 27.7 Å². The summed E-state index contributed by atoms with van der Waals surface area (Å²) in [6.45, 7) is 2.58. The van der Waals surface area contributed by atoms with E-state index in [0.29, 0.717) is 31.7 Å². The molecule has 0 atom stereocenters. The topological polar surface area (TPSA) is 85.0 Å². The molecular formula is C24H22N8OS. The molecule has 6 rings (SSSR count). The highest BCUT2D eigenvalue weighted by Gasteiger charge is 2.28. The molecule has 9 nitrogen and oxygen atoms in total. The van der Waals surface area contributed by atoms with Crippen molar-refractivity contribution in [1.82, 2.24) is 34.4 Å². The van der Waals surface area contributed by atoms with E-state index in [1.165, 1.54) is 0 Å². The minimum Gasteiger partial charge on any atom is -0.352 e. The first-order chi connectivity index (χ1) is 16.7. The van der Waals surface area contributed by atoms with Gasteiger partial charge in [0.15, 0.2) is 5.65 Å². The Hall–Kier alpha value is -4.05. The molecule has 0 spiro atoms. The first-order valence-electron chi connectivity index (χ1n) is 11.0. The van der Waals surface area contributed by atoms with Gasteiger partial charge in [0.2, 0.25) is 0 Å². The van der Waals surface area contributed by atoms with E-state index in [1.54, 1.807) is 33.2 Å². The Kier molecular flexibility index (Phi) is 5.06. The highest BCUT2D eigenvalue weighted by molar-refractivity contribution is 7.13. The molecule has 34 heavy (non-hydrogen) atoms. The standard InChI is InChI=1S/C24H22N8OS/c1-29-22-18(14-27-29)23(26-16-25-22)30-9-11-31(12-10-30)24(33)19-15-32(17-6-3-2-4-7-17)28-21(19)20-8-5-13-34-20/h2-8,13-16H,9-12H2,1H3. The van der Waals surface area contributed by atoms with Gasteiger partial charge in [0, 0.05) is 39.4 Å². The average Bonchev–Trinajstić information content (AvgIpc) is 3.64. The Morgan fingerprint density at radius 1 is 1.00 bits per heavy atom. The van der Waals surface area contributed by atoms with Crippen LogP contribution in [0.25, 0.3) is 27.3 Å². The van der Waals surface area contributed by atoms with E-state index in [2.05, 4.69) is 20.0 Å². The summed E-state index contributed by atoms with van der Waals surface area (Å²) in [5.41, 5.74) is 3.07. The fourth-order valence-electron chi connectivity index (χ4n) is 4.33. The number of thiophene rings is 1. The third-order valence-electron chi connectivity index (χ3n) is 6.09. The van der Waals surface area contributed by atoms with Crippen LogP contribution in [0.5, 0.6) is 0 Å². The van der Waals surface area contributed by atoms with Gasteiger partial charge in [-0.05, 0) is 23.6 Å². The third kappa shape index (κ3) is 3.52. The maximum atomic E-state index is 13.6. The Balaban J connectivity index is 1.26. The lowest BCUT2D eigenvalue weighted by Crippen LogP contribution is -2.49. The maximum Gasteiger partial charge on any atom is 0.257 e. The van der Waals surface area contributed by atoms with Crippen molar-refractivity contribution in [2.45, 2.75) is 0 Å². The van der Waals surface area contributed by atoms with Crippen LogP contribution in [0.1, 0.15) is 10.4 Å². The zero-order valence-corrected chi connectivity index (χ0v) is 19.4. The third-order valence-corrected chi connectivity index (χ3v) is 6.97. The van der Waals surface area contributed by atoms with Gasteiger partial charge in [-0.15, -0.1) is 11.3 Å². The van der Waals surface area contributed by atoms with Gasteiger partial charge in [-0.3, -0.25) is 9.48 Å². The lowest BCUT2D eigenvalue weighted by molar-refractivity contribution is 0.0747.